The predicted molar refractivity (Wildman–Crippen MR) is 84.9 cm³/mol. The lowest BCUT2D eigenvalue weighted by molar-refractivity contribution is -0.384. The molecule has 20 heavy (non-hydrogen) atoms. The number of hydrogen-bond acceptors (Lipinski definition) is 4. The zero-order chi connectivity index (χ0) is 14.5. The fourth-order valence-corrected chi connectivity index (χ4v) is 1.88. The van der Waals surface area contributed by atoms with Crippen LogP contribution in [0.1, 0.15) is 0 Å². The molecule has 0 bridgehead atoms. The highest BCUT2D eigenvalue weighted by molar-refractivity contribution is 9.10. The molecule has 2 rings (SSSR count). The Hall–Kier alpha value is -2.06. The number of nitrogens with zero attached hydrogens (tertiary/aromatic N) is 2. The number of halogens is 1. The first-order valence-corrected chi connectivity index (χ1v) is 6.69. The van der Waals surface area contributed by atoms with Crippen LogP contribution in [0.3, 0.4) is 0 Å². The van der Waals surface area contributed by atoms with Crippen LogP contribution in [0.4, 0.5) is 17.2 Å². The molecule has 0 saturated heterocycles. The monoisotopic (exact) mass is 352 g/mol. The summed E-state index contributed by atoms with van der Waals surface area (Å²) in [5.74, 6) is 0.580. The quantitative estimate of drug-likeness (QED) is 0.499. The van der Waals surface area contributed by atoms with Crippen LogP contribution in [-0.2, 0) is 0 Å². The molecule has 0 amide bonds. The van der Waals surface area contributed by atoms with Crippen molar-refractivity contribution in [3.05, 3.63) is 57.2 Å². The van der Waals surface area contributed by atoms with E-state index in [1.54, 1.807) is 24.4 Å². The third kappa shape index (κ3) is 3.97. The molecule has 0 aliphatic rings. The van der Waals surface area contributed by atoms with Gasteiger partial charge in [0.2, 0.25) is 0 Å². The molecule has 1 aromatic carbocycles. The Bertz CT molecular complexity index is 648. The summed E-state index contributed by atoms with van der Waals surface area (Å²) in [4.78, 5) is 14.3. The van der Waals surface area contributed by atoms with Crippen LogP contribution in [-0.4, -0.2) is 15.0 Å². The molecule has 0 aliphatic heterocycles. The van der Waals surface area contributed by atoms with E-state index in [0.29, 0.717) is 16.6 Å². The average molecular weight is 353 g/mol. The summed E-state index contributed by atoms with van der Waals surface area (Å²) in [6.07, 6.45) is 1.64. The minimum absolute atomic E-state index is 0.000401. The fourth-order valence-electron chi connectivity index (χ4n) is 1.43. The highest BCUT2D eigenvalue weighted by atomic mass is 79.9. The first-order chi connectivity index (χ1) is 9.54. The molecule has 8 heteroatoms. The molecule has 1 heterocycles. The molecule has 0 fully saturated rings. The van der Waals surface area contributed by atoms with E-state index in [1.807, 2.05) is 6.07 Å². The highest BCUT2D eigenvalue weighted by Gasteiger charge is 2.06. The summed E-state index contributed by atoms with van der Waals surface area (Å²) >= 11 is 8.40. The van der Waals surface area contributed by atoms with E-state index in [9.17, 15) is 10.1 Å². The number of non-ortho nitro benzene ring substituents is 1. The summed E-state index contributed by atoms with van der Waals surface area (Å²) in [5.41, 5.74) is 0.536. The third-order valence-electron chi connectivity index (χ3n) is 2.28. The smallest absolute Gasteiger partial charge is 0.271 e. The van der Waals surface area contributed by atoms with Crippen molar-refractivity contribution in [2.45, 2.75) is 0 Å². The van der Waals surface area contributed by atoms with Gasteiger partial charge in [-0.3, -0.25) is 10.1 Å². The maximum atomic E-state index is 10.7. The van der Waals surface area contributed by atoms with Crippen molar-refractivity contribution < 1.29 is 4.92 Å². The van der Waals surface area contributed by atoms with E-state index in [-0.39, 0.29) is 5.69 Å². The van der Waals surface area contributed by atoms with Gasteiger partial charge in [-0.15, -0.1) is 0 Å². The SMILES string of the molecule is O=[N+]([O-])c1cccc(NC(=S)Nc2ccc(Br)cn2)c1. The van der Waals surface area contributed by atoms with Crippen LogP contribution in [0.25, 0.3) is 0 Å². The molecule has 0 aliphatic carbocycles. The van der Waals surface area contributed by atoms with Crippen molar-refractivity contribution in [3.63, 3.8) is 0 Å². The average Bonchev–Trinajstić information content (AvgIpc) is 2.41. The number of rotatable bonds is 3. The van der Waals surface area contributed by atoms with Crippen LogP contribution >= 0.6 is 28.1 Å². The molecule has 6 nitrogen and oxygen atoms in total. The van der Waals surface area contributed by atoms with Gasteiger partial charge < -0.3 is 10.6 Å². The number of nitro groups is 1. The second kappa shape index (κ2) is 6.40. The Balaban J connectivity index is 2.02. The molecule has 0 spiro atoms. The number of aromatic nitrogens is 1. The van der Waals surface area contributed by atoms with Crippen molar-refractivity contribution in [2.24, 2.45) is 0 Å². The minimum atomic E-state index is -0.460. The van der Waals surface area contributed by atoms with Crippen molar-refractivity contribution in [1.82, 2.24) is 4.98 Å². The molecular formula is C12H9BrN4O2S. The summed E-state index contributed by atoms with van der Waals surface area (Å²) in [6.45, 7) is 0. The minimum Gasteiger partial charge on any atom is -0.332 e. The van der Waals surface area contributed by atoms with Gasteiger partial charge in [-0.2, -0.15) is 0 Å². The van der Waals surface area contributed by atoms with E-state index < -0.39 is 4.92 Å². The molecule has 0 unspecified atom stereocenters. The maximum absolute atomic E-state index is 10.7. The fraction of sp³-hybridized carbons (Fsp3) is 0. The van der Waals surface area contributed by atoms with Gasteiger partial charge in [0.05, 0.1) is 4.92 Å². The van der Waals surface area contributed by atoms with Crippen LogP contribution < -0.4 is 10.6 Å². The zero-order valence-electron chi connectivity index (χ0n) is 10.0. The second-order valence-corrected chi connectivity index (χ2v) is 5.07. The van der Waals surface area contributed by atoms with Gasteiger partial charge in [0.15, 0.2) is 5.11 Å². The van der Waals surface area contributed by atoms with Crippen molar-refractivity contribution >= 4 is 50.5 Å². The number of thiocarbonyl (C=S) groups is 1. The van der Waals surface area contributed by atoms with Crippen molar-refractivity contribution in [2.75, 3.05) is 10.6 Å². The molecule has 1 aromatic heterocycles. The summed E-state index contributed by atoms with van der Waals surface area (Å²) in [5, 5.41) is 16.7. The van der Waals surface area contributed by atoms with E-state index in [2.05, 4.69) is 31.5 Å². The molecule has 2 N–H and O–H groups in total. The first-order valence-electron chi connectivity index (χ1n) is 5.48. The van der Waals surface area contributed by atoms with Crippen molar-refractivity contribution in [3.8, 4) is 0 Å². The predicted octanol–water partition coefficient (Wildman–Crippen LogP) is 3.56. The lowest BCUT2D eigenvalue weighted by atomic mass is 10.3. The molecular weight excluding hydrogens is 344 g/mol. The van der Waals surface area contributed by atoms with Gasteiger partial charge >= 0.3 is 0 Å². The molecule has 0 radical (unpaired) electrons. The molecule has 0 atom stereocenters. The number of nitro benzene ring substituents is 1. The molecule has 2 aromatic rings. The van der Waals surface area contributed by atoms with Crippen LogP contribution in [0.5, 0.6) is 0 Å². The van der Waals surface area contributed by atoms with Gasteiger partial charge in [0, 0.05) is 28.5 Å². The number of pyridine rings is 1. The van der Waals surface area contributed by atoms with Crippen molar-refractivity contribution in [1.29, 1.82) is 0 Å². The van der Waals surface area contributed by atoms with Crippen LogP contribution in [0.2, 0.25) is 0 Å². The van der Waals surface area contributed by atoms with E-state index in [4.69, 9.17) is 12.2 Å². The second-order valence-electron chi connectivity index (χ2n) is 3.75. The molecule has 0 saturated carbocycles. The number of nitrogens with one attached hydrogen (secondary N) is 2. The Kier molecular flexibility index (Phi) is 4.59. The van der Waals surface area contributed by atoms with E-state index in [0.717, 1.165) is 4.47 Å². The maximum Gasteiger partial charge on any atom is 0.271 e. The first kappa shape index (κ1) is 14.4. The summed E-state index contributed by atoms with van der Waals surface area (Å²) < 4.78 is 0.862. The summed E-state index contributed by atoms with van der Waals surface area (Å²) in [6, 6.07) is 9.68. The Labute approximate surface area is 128 Å². The lowest BCUT2D eigenvalue weighted by Gasteiger charge is -2.09. The largest absolute Gasteiger partial charge is 0.332 e. The molecule has 102 valence electrons. The van der Waals surface area contributed by atoms with Crippen LogP contribution in [0, 0.1) is 10.1 Å². The van der Waals surface area contributed by atoms with Gasteiger partial charge in [0.25, 0.3) is 5.69 Å². The number of hydrogen-bond donors (Lipinski definition) is 2. The standard InChI is InChI=1S/C12H9BrN4O2S/c13-8-4-5-11(14-7-8)16-12(20)15-9-2-1-3-10(6-9)17(18)19/h1-7H,(H2,14,15,16,20). The van der Waals surface area contributed by atoms with E-state index in [1.165, 1.54) is 12.1 Å². The highest BCUT2D eigenvalue weighted by Crippen LogP contribution is 2.17. The third-order valence-corrected chi connectivity index (χ3v) is 2.96. The lowest BCUT2D eigenvalue weighted by Crippen LogP contribution is -2.19. The van der Waals surface area contributed by atoms with E-state index >= 15 is 0 Å². The normalized spacial score (nSPS) is 9.85. The Morgan fingerprint density at radius 2 is 2.10 bits per heavy atom. The summed E-state index contributed by atoms with van der Waals surface area (Å²) in [7, 11) is 0. The van der Waals surface area contributed by atoms with Gasteiger partial charge in [0.1, 0.15) is 5.82 Å². The van der Waals surface area contributed by atoms with Gasteiger partial charge in [-0.05, 0) is 46.3 Å². The zero-order valence-corrected chi connectivity index (χ0v) is 12.4. The van der Waals surface area contributed by atoms with Crippen LogP contribution in [0.15, 0.2) is 47.1 Å². The van der Waals surface area contributed by atoms with Gasteiger partial charge in [-0.25, -0.2) is 4.98 Å². The number of anilines is 2. The van der Waals surface area contributed by atoms with Gasteiger partial charge in [-0.1, -0.05) is 6.07 Å². The Morgan fingerprint density at radius 3 is 2.75 bits per heavy atom. The number of benzene rings is 1. The Morgan fingerprint density at radius 1 is 1.30 bits per heavy atom. The topological polar surface area (TPSA) is 80.1 Å².